The molecule has 0 saturated heterocycles. The quantitative estimate of drug-likeness (QED) is 0.697. The first-order valence-corrected chi connectivity index (χ1v) is 9.04. The van der Waals surface area contributed by atoms with Gasteiger partial charge in [0.2, 0.25) is 0 Å². The molecule has 1 N–H and O–H groups in total. The number of hydrogen-bond donors (Lipinski definition) is 1. The Morgan fingerprint density at radius 2 is 1.70 bits per heavy atom. The standard InChI is InChI=1S/C21H22ClNO4/c1-3-25-19-12-11-16(15-20(19)26-4-2)21(24)23-13-7-8-14-27-18-10-6-5-9-17(18)22/h5-6,9-12,15H,3-4,13-14H2,1-2H3,(H,23,24). The van der Waals surface area contributed by atoms with Crippen LogP contribution in [0.1, 0.15) is 24.2 Å². The lowest BCUT2D eigenvalue weighted by Gasteiger charge is -2.12. The molecule has 0 radical (unpaired) electrons. The molecule has 2 aromatic rings. The second kappa shape index (κ2) is 11.0. The van der Waals surface area contributed by atoms with Gasteiger partial charge in [-0.3, -0.25) is 4.79 Å². The third-order valence-electron chi connectivity index (χ3n) is 3.40. The topological polar surface area (TPSA) is 56.8 Å². The number of ether oxygens (including phenoxy) is 3. The van der Waals surface area contributed by atoms with Crippen molar-refractivity contribution in [1.29, 1.82) is 0 Å². The summed E-state index contributed by atoms with van der Waals surface area (Å²) >= 11 is 5.99. The number of nitrogens with one attached hydrogen (secondary N) is 1. The van der Waals surface area contributed by atoms with Gasteiger partial charge in [-0.05, 0) is 44.2 Å². The molecule has 0 unspecified atom stereocenters. The maximum Gasteiger partial charge on any atom is 0.252 e. The lowest BCUT2D eigenvalue weighted by atomic mass is 10.2. The van der Waals surface area contributed by atoms with Gasteiger partial charge >= 0.3 is 0 Å². The number of para-hydroxylation sites is 1. The van der Waals surface area contributed by atoms with Crippen LogP contribution in [-0.2, 0) is 0 Å². The average molecular weight is 388 g/mol. The number of hydrogen-bond acceptors (Lipinski definition) is 4. The lowest BCUT2D eigenvalue weighted by molar-refractivity contribution is 0.0958. The fourth-order valence-electron chi connectivity index (χ4n) is 2.21. The predicted octanol–water partition coefficient (Wildman–Crippen LogP) is 3.95. The highest BCUT2D eigenvalue weighted by Gasteiger charge is 2.10. The summed E-state index contributed by atoms with van der Waals surface area (Å²) in [5.74, 6) is 7.19. The summed E-state index contributed by atoms with van der Waals surface area (Å²) < 4.78 is 16.5. The van der Waals surface area contributed by atoms with Crippen molar-refractivity contribution < 1.29 is 19.0 Å². The maximum atomic E-state index is 12.2. The number of halogens is 1. The Morgan fingerprint density at radius 3 is 2.44 bits per heavy atom. The van der Waals surface area contributed by atoms with Gasteiger partial charge in [-0.2, -0.15) is 0 Å². The van der Waals surface area contributed by atoms with Crippen LogP contribution < -0.4 is 19.5 Å². The molecule has 0 aromatic heterocycles. The highest BCUT2D eigenvalue weighted by Crippen LogP contribution is 2.28. The zero-order valence-corrected chi connectivity index (χ0v) is 16.1. The van der Waals surface area contributed by atoms with Gasteiger partial charge in [0.15, 0.2) is 11.5 Å². The summed E-state index contributed by atoms with van der Waals surface area (Å²) in [5.41, 5.74) is 0.482. The second-order valence-electron chi connectivity index (χ2n) is 5.28. The van der Waals surface area contributed by atoms with Gasteiger partial charge in [0, 0.05) is 5.56 Å². The van der Waals surface area contributed by atoms with Crippen LogP contribution in [0.3, 0.4) is 0 Å². The third kappa shape index (κ3) is 6.43. The van der Waals surface area contributed by atoms with E-state index in [0.717, 1.165) is 0 Å². The van der Waals surface area contributed by atoms with Gasteiger partial charge in [-0.25, -0.2) is 0 Å². The Kier molecular flexibility index (Phi) is 8.34. The van der Waals surface area contributed by atoms with E-state index < -0.39 is 0 Å². The molecule has 27 heavy (non-hydrogen) atoms. The Labute approximate surface area is 164 Å². The molecule has 0 aliphatic carbocycles. The van der Waals surface area contributed by atoms with Crippen molar-refractivity contribution >= 4 is 17.5 Å². The summed E-state index contributed by atoms with van der Waals surface area (Å²) in [4.78, 5) is 12.2. The van der Waals surface area contributed by atoms with Crippen LogP contribution in [0.2, 0.25) is 5.02 Å². The van der Waals surface area contributed by atoms with Crippen molar-refractivity contribution in [3.05, 3.63) is 53.1 Å². The minimum absolute atomic E-state index is 0.192. The van der Waals surface area contributed by atoms with Crippen molar-refractivity contribution in [3.8, 4) is 29.1 Å². The Morgan fingerprint density at radius 1 is 0.963 bits per heavy atom. The first-order chi connectivity index (χ1) is 13.2. The monoisotopic (exact) mass is 387 g/mol. The molecule has 5 nitrogen and oxygen atoms in total. The predicted molar refractivity (Wildman–Crippen MR) is 106 cm³/mol. The minimum atomic E-state index is -0.236. The van der Waals surface area contributed by atoms with E-state index in [1.807, 2.05) is 26.0 Å². The van der Waals surface area contributed by atoms with Crippen LogP contribution in [0, 0.1) is 11.8 Å². The van der Waals surface area contributed by atoms with Gasteiger partial charge in [0.1, 0.15) is 12.4 Å². The summed E-state index contributed by atoms with van der Waals surface area (Å²) in [6.07, 6.45) is 0. The molecule has 0 aliphatic heterocycles. The van der Waals surface area contributed by atoms with Gasteiger partial charge in [-0.15, -0.1) is 0 Å². The molecule has 2 rings (SSSR count). The van der Waals surface area contributed by atoms with Gasteiger partial charge in [0.25, 0.3) is 5.91 Å². The summed E-state index contributed by atoms with van der Waals surface area (Å²) in [7, 11) is 0. The molecule has 0 fully saturated rings. The van der Waals surface area contributed by atoms with Crippen LogP contribution in [0.5, 0.6) is 17.2 Å². The van der Waals surface area contributed by atoms with Gasteiger partial charge in [0.05, 0.1) is 24.8 Å². The summed E-state index contributed by atoms with van der Waals surface area (Å²) in [6, 6.07) is 12.3. The summed E-state index contributed by atoms with van der Waals surface area (Å²) in [5, 5.41) is 3.27. The Bertz CT molecular complexity index is 826. The highest BCUT2D eigenvalue weighted by atomic mass is 35.5. The normalized spacial score (nSPS) is 9.74. The molecule has 0 atom stereocenters. The molecule has 0 spiro atoms. The molecular weight excluding hydrogens is 366 g/mol. The Balaban J connectivity index is 1.85. The largest absolute Gasteiger partial charge is 0.490 e. The smallest absolute Gasteiger partial charge is 0.252 e. The van der Waals surface area contributed by atoms with E-state index >= 15 is 0 Å². The van der Waals surface area contributed by atoms with E-state index in [2.05, 4.69) is 17.2 Å². The number of amides is 1. The van der Waals surface area contributed by atoms with Crippen LogP contribution in [0.4, 0.5) is 0 Å². The molecule has 0 heterocycles. The van der Waals surface area contributed by atoms with E-state index in [4.69, 9.17) is 25.8 Å². The molecule has 1 amide bonds. The molecular formula is C21H22ClNO4. The molecule has 142 valence electrons. The highest BCUT2D eigenvalue weighted by molar-refractivity contribution is 6.32. The number of benzene rings is 2. The fourth-order valence-corrected chi connectivity index (χ4v) is 2.40. The minimum Gasteiger partial charge on any atom is -0.490 e. The third-order valence-corrected chi connectivity index (χ3v) is 3.72. The molecule has 0 saturated carbocycles. The van der Waals surface area contributed by atoms with Crippen molar-refractivity contribution in [2.45, 2.75) is 13.8 Å². The fraction of sp³-hybridized carbons (Fsp3) is 0.286. The van der Waals surface area contributed by atoms with E-state index in [1.54, 1.807) is 30.3 Å². The SMILES string of the molecule is CCOc1ccc(C(=O)NCC#CCOc2ccccc2Cl)cc1OCC. The average Bonchev–Trinajstić information content (AvgIpc) is 2.67. The van der Waals surface area contributed by atoms with Crippen LogP contribution in [0.15, 0.2) is 42.5 Å². The van der Waals surface area contributed by atoms with E-state index in [1.165, 1.54) is 0 Å². The number of carbonyl (C=O) groups is 1. The van der Waals surface area contributed by atoms with Gasteiger partial charge < -0.3 is 19.5 Å². The number of rotatable bonds is 8. The van der Waals surface area contributed by atoms with E-state index in [0.29, 0.717) is 41.0 Å². The molecule has 6 heteroatoms. The van der Waals surface area contributed by atoms with Crippen LogP contribution in [-0.4, -0.2) is 32.3 Å². The molecule has 2 aromatic carbocycles. The molecule has 0 aliphatic rings. The lowest BCUT2D eigenvalue weighted by Crippen LogP contribution is -2.23. The first-order valence-electron chi connectivity index (χ1n) is 8.66. The van der Waals surface area contributed by atoms with Crippen molar-refractivity contribution in [2.75, 3.05) is 26.4 Å². The van der Waals surface area contributed by atoms with E-state index in [-0.39, 0.29) is 19.1 Å². The van der Waals surface area contributed by atoms with Crippen LogP contribution >= 0.6 is 11.6 Å². The first kappa shape index (κ1) is 20.5. The van der Waals surface area contributed by atoms with Crippen molar-refractivity contribution in [3.63, 3.8) is 0 Å². The summed E-state index contributed by atoms with van der Waals surface area (Å²) in [6.45, 7) is 5.19. The van der Waals surface area contributed by atoms with Crippen molar-refractivity contribution in [1.82, 2.24) is 5.32 Å². The van der Waals surface area contributed by atoms with Gasteiger partial charge in [-0.1, -0.05) is 35.6 Å². The van der Waals surface area contributed by atoms with E-state index in [9.17, 15) is 4.79 Å². The molecule has 0 bridgehead atoms. The second-order valence-corrected chi connectivity index (χ2v) is 5.69. The van der Waals surface area contributed by atoms with Crippen molar-refractivity contribution in [2.24, 2.45) is 0 Å². The maximum absolute atomic E-state index is 12.2. The Hall–Kier alpha value is -2.84. The van der Waals surface area contributed by atoms with Crippen LogP contribution in [0.25, 0.3) is 0 Å². The number of carbonyl (C=O) groups excluding carboxylic acids is 1. The zero-order chi connectivity index (χ0) is 19.5. The zero-order valence-electron chi connectivity index (χ0n) is 15.4.